The van der Waals surface area contributed by atoms with E-state index in [0.717, 1.165) is 24.3 Å². The number of guanidine groups is 1. The van der Waals surface area contributed by atoms with Crippen LogP contribution in [0.5, 0.6) is 0 Å². The van der Waals surface area contributed by atoms with Gasteiger partial charge in [-0.15, -0.1) is 0 Å². The van der Waals surface area contributed by atoms with Crippen LogP contribution in [-0.2, 0) is 11.3 Å². The van der Waals surface area contributed by atoms with E-state index >= 15 is 0 Å². The topological polar surface area (TPSA) is 82.8 Å². The van der Waals surface area contributed by atoms with Crippen molar-refractivity contribution in [2.45, 2.75) is 52.6 Å². The van der Waals surface area contributed by atoms with Crippen molar-refractivity contribution in [3.8, 4) is 0 Å². The third-order valence-corrected chi connectivity index (χ3v) is 4.66. The van der Waals surface area contributed by atoms with E-state index in [-0.39, 0.29) is 5.91 Å². The maximum absolute atomic E-state index is 11.9. The molecule has 1 unspecified atom stereocenters. The number of benzene rings is 1. The van der Waals surface area contributed by atoms with Crippen molar-refractivity contribution >= 4 is 17.6 Å². The Hall–Kier alpha value is -2.08. The van der Waals surface area contributed by atoms with Crippen molar-refractivity contribution < 1.29 is 4.79 Å². The number of likely N-dealkylation sites (tertiary alicyclic amines) is 1. The lowest BCUT2D eigenvalue weighted by atomic mass is 10.1. The van der Waals surface area contributed by atoms with Crippen LogP contribution in [0.1, 0.15) is 45.6 Å². The van der Waals surface area contributed by atoms with Crippen LogP contribution < -0.4 is 16.4 Å². The Labute approximate surface area is 157 Å². The number of hydrogen-bond acceptors (Lipinski definition) is 3. The zero-order valence-corrected chi connectivity index (χ0v) is 16.3. The van der Waals surface area contributed by atoms with Gasteiger partial charge in [-0.1, -0.05) is 32.9 Å². The van der Waals surface area contributed by atoms with E-state index in [4.69, 9.17) is 5.73 Å². The number of hydrogen-bond donors (Lipinski definition) is 3. The molecule has 1 heterocycles. The smallest absolute Gasteiger partial charge is 0.224 e. The Morgan fingerprint density at radius 2 is 2.23 bits per heavy atom. The summed E-state index contributed by atoms with van der Waals surface area (Å²) in [5.41, 5.74) is 7.84. The third-order valence-electron chi connectivity index (χ3n) is 4.66. The molecule has 6 heteroatoms. The van der Waals surface area contributed by atoms with Crippen molar-refractivity contribution in [2.24, 2.45) is 16.6 Å². The van der Waals surface area contributed by atoms with Gasteiger partial charge in [0.05, 0.1) is 6.54 Å². The van der Waals surface area contributed by atoms with Gasteiger partial charge in [-0.25, -0.2) is 4.99 Å². The number of carbonyl (C=O) groups excluding carboxylic acids is 1. The second-order valence-electron chi connectivity index (χ2n) is 7.35. The van der Waals surface area contributed by atoms with Gasteiger partial charge >= 0.3 is 0 Å². The molecule has 6 nitrogen and oxygen atoms in total. The minimum atomic E-state index is 0.0406. The summed E-state index contributed by atoms with van der Waals surface area (Å²) in [6.45, 7) is 9.86. The summed E-state index contributed by atoms with van der Waals surface area (Å²) < 4.78 is 0. The van der Waals surface area contributed by atoms with E-state index in [1.807, 2.05) is 38.1 Å². The van der Waals surface area contributed by atoms with Crippen LogP contribution in [0.4, 0.5) is 5.69 Å². The molecule has 0 bridgehead atoms. The molecule has 0 radical (unpaired) electrons. The fourth-order valence-electron chi connectivity index (χ4n) is 3.33. The van der Waals surface area contributed by atoms with Crippen LogP contribution in [0.25, 0.3) is 0 Å². The second kappa shape index (κ2) is 10.2. The minimum Gasteiger partial charge on any atom is -0.370 e. The molecular formula is C20H33N5O. The SMILES string of the molecule is CCN1CCCC1CNC(N)=NCc1cccc(NC(=O)CC(C)C)c1. The van der Waals surface area contributed by atoms with Gasteiger partial charge in [0.2, 0.25) is 5.91 Å². The van der Waals surface area contributed by atoms with Crippen molar-refractivity contribution in [1.82, 2.24) is 10.2 Å². The van der Waals surface area contributed by atoms with Gasteiger partial charge in [-0.05, 0) is 49.5 Å². The van der Waals surface area contributed by atoms with Gasteiger partial charge in [-0.2, -0.15) is 0 Å². The molecule has 0 aliphatic carbocycles. The Kier molecular flexibility index (Phi) is 7.91. The molecule has 26 heavy (non-hydrogen) atoms. The first-order valence-corrected chi connectivity index (χ1v) is 9.64. The summed E-state index contributed by atoms with van der Waals surface area (Å²) in [6, 6.07) is 8.31. The molecule has 144 valence electrons. The van der Waals surface area contributed by atoms with E-state index in [2.05, 4.69) is 27.4 Å². The predicted octanol–water partition coefficient (Wildman–Crippen LogP) is 2.56. The van der Waals surface area contributed by atoms with Gasteiger partial charge in [0.1, 0.15) is 0 Å². The lowest BCUT2D eigenvalue weighted by molar-refractivity contribution is -0.116. The molecule has 1 aliphatic heterocycles. The molecule has 0 spiro atoms. The van der Waals surface area contributed by atoms with Crippen LogP contribution in [-0.4, -0.2) is 42.4 Å². The molecule has 1 aromatic rings. The van der Waals surface area contributed by atoms with Crippen LogP contribution in [0.2, 0.25) is 0 Å². The number of carbonyl (C=O) groups is 1. The monoisotopic (exact) mass is 359 g/mol. The normalized spacial score (nSPS) is 18.3. The Morgan fingerprint density at radius 1 is 1.42 bits per heavy atom. The highest BCUT2D eigenvalue weighted by Gasteiger charge is 2.22. The fourth-order valence-corrected chi connectivity index (χ4v) is 3.33. The number of amides is 1. The molecule has 1 aromatic carbocycles. The van der Waals surface area contributed by atoms with E-state index < -0.39 is 0 Å². The van der Waals surface area contributed by atoms with Crippen molar-refractivity contribution in [3.05, 3.63) is 29.8 Å². The lowest BCUT2D eigenvalue weighted by Crippen LogP contribution is -2.42. The van der Waals surface area contributed by atoms with E-state index in [0.29, 0.717) is 30.9 Å². The highest BCUT2D eigenvalue weighted by Crippen LogP contribution is 2.15. The van der Waals surface area contributed by atoms with Crippen LogP contribution in [0.15, 0.2) is 29.3 Å². The number of nitrogens with one attached hydrogen (secondary N) is 2. The standard InChI is InChI=1S/C20H33N5O/c1-4-25-10-6-9-18(25)14-23-20(21)22-13-16-7-5-8-17(12-16)24-19(26)11-15(2)3/h5,7-8,12,15,18H,4,6,9-11,13-14H2,1-3H3,(H,24,26)(H3,21,22,23). The predicted molar refractivity (Wildman–Crippen MR) is 108 cm³/mol. The quantitative estimate of drug-likeness (QED) is 0.492. The zero-order valence-electron chi connectivity index (χ0n) is 16.3. The first-order valence-electron chi connectivity index (χ1n) is 9.64. The summed E-state index contributed by atoms with van der Waals surface area (Å²) in [5, 5.41) is 6.18. The summed E-state index contributed by atoms with van der Waals surface area (Å²) in [5.74, 6) is 0.859. The number of rotatable bonds is 8. The average Bonchev–Trinajstić information content (AvgIpc) is 3.05. The first-order chi connectivity index (χ1) is 12.5. The summed E-state index contributed by atoms with van der Waals surface area (Å²) in [7, 11) is 0. The molecule has 1 saturated heterocycles. The molecule has 1 amide bonds. The second-order valence-corrected chi connectivity index (χ2v) is 7.35. The van der Waals surface area contributed by atoms with Crippen molar-refractivity contribution in [2.75, 3.05) is 25.0 Å². The highest BCUT2D eigenvalue weighted by molar-refractivity contribution is 5.90. The van der Waals surface area contributed by atoms with Crippen LogP contribution in [0.3, 0.4) is 0 Å². The number of aliphatic imine (C=N–C) groups is 1. The third kappa shape index (κ3) is 6.67. The molecule has 0 saturated carbocycles. The maximum atomic E-state index is 11.9. The molecule has 1 fully saturated rings. The largest absolute Gasteiger partial charge is 0.370 e. The highest BCUT2D eigenvalue weighted by atomic mass is 16.1. The Morgan fingerprint density at radius 3 is 2.96 bits per heavy atom. The maximum Gasteiger partial charge on any atom is 0.224 e. The van der Waals surface area contributed by atoms with Gasteiger partial charge in [0.25, 0.3) is 0 Å². The van der Waals surface area contributed by atoms with Gasteiger partial charge < -0.3 is 16.4 Å². The van der Waals surface area contributed by atoms with Crippen LogP contribution in [0, 0.1) is 5.92 Å². The Bertz CT molecular complexity index is 614. The molecule has 4 N–H and O–H groups in total. The van der Waals surface area contributed by atoms with E-state index in [1.165, 1.54) is 19.4 Å². The zero-order chi connectivity index (χ0) is 18.9. The van der Waals surface area contributed by atoms with Gasteiger partial charge in [-0.3, -0.25) is 9.69 Å². The summed E-state index contributed by atoms with van der Waals surface area (Å²) in [6.07, 6.45) is 2.99. The summed E-state index contributed by atoms with van der Waals surface area (Å²) >= 11 is 0. The average molecular weight is 360 g/mol. The van der Waals surface area contributed by atoms with Gasteiger partial charge in [0.15, 0.2) is 5.96 Å². The number of nitrogens with two attached hydrogens (primary N) is 1. The lowest BCUT2D eigenvalue weighted by Gasteiger charge is -2.23. The number of likely N-dealkylation sites (N-methyl/N-ethyl adjacent to an activating group) is 1. The molecular weight excluding hydrogens is 326 g/mol. The molecule has 1 aliphatic rings. The number of anilines is 1. The minimum absolute atomic E-state index is 0.0406. The van der Waals surface area contributed by atoms with Crippen molar-refractivity contribution in [1.29, 1.82) is 0 Å². The Balaban J connectivity index is 1.83. The van der Waals surface area contributed by atoms with Gasteiger partial charge in [0, 0.05) is 24.7 Å². The van der Waals surface area contributed by atoms with Crippen molar-refractivity contribution in [3.63, 3.8) is 0 Å². The molecule has 2 rings (SSSR count). The molecule has 1 atom stereocenters. The van der Waals surface area contributed by atoms with Crippen LogP contribution >= 0.6 is 0 Å². The fraction of sp³-hybridized carbons (Fsp3) is 0.600. The molecule has 0 aromatic heterocycles. The first kappa shape index (κ1) is 20.2. The van der Waals surface area contributed by atoms with E-state index in [1.54, 1.807) is 0 Å². The van der Waals surface area contributed by atoms with E-state index in [9.17, 15) is 4.79 Å². The number of nitrogens with zero attached hydrogens (tertiary/aromatic N) is 2. The summed E-state index contributed by atoms with van der Waals surface area (Å²) in [4.78, 5) is 18.8.